The van der Waals surface area contributed by atoms with Crippen molar-refractivity contribution >= 4 is 127 Å². The van der Waals surface area contributed by atoms with Gasteiger partial charge in [0.15, 0.2) is 0 Å². The van der Waals surface area contributed by atoms with Crippen LogP contribution in [0.4, 0.5) is 0 Å². The first-order valence-electron chi connectivity index (χ1n) is 5.62. The topological polar surface area (TPSA) is 0 Å². The summed E-state index contributed by atoms with van der Waals surface area (Å²) in [5.41, 5.74) is 1.18. The summed E-state index contributed by atoms with van der Waals surface area (Å²) < 4.78 is 2.22. The lowest BCUT2D eigenvalue weighted by Crippen LogP contribution is -2.52. The highest BCUT2D eigenvalue weighted by Crippen LogP contribution is 2.77. The predicted molar refractivity (Wildman–Crippen MR) is 117 cm³/mol. The third kappa shape index (κ3) is 2.13. The molecule has 0 radical (unpaired) electrons. The largest absolute Gasteiger partial charge is 0.117 e. The van der Waals surface area contributed by atoms with Gasteiger partial charge in [-0.25, -0.2) is 0 Å². The molecule has 0 N–H and O–H groups in total. The lowest BCUT2D eigenvalue weighted by atomic mass is 9.77. The maximum absolute atomic E-state index is 4.03. The molecule has 0 aromatic rings. The van der Waals surface area contributed by atoms with Crippen molar-refractivity contribution in [3.05, 3.63) is 19.0 Å². The Morgan fingerprint density at radius 2 is 1.30 bits per heavy atom. The number of alkyl halides is 5. The van der Waals surface area contributed by atoms with E-state index in [4.69, 9.17) is 0 Å². The Balaban J connectivity index is 2.93. The van der Waals surface area contributed by atoms with Gasteiger partial charge in [-0.3, -0.25) is 0 Å². The summed E-state index contributed by atoms with van der Waals surface area (Å²) in [6.45, 7) is 6.70. The summed E-state index contributed by atoms with van der Waals surface area (Å²) >= 11 is 30.8. The number of halogens is 8. The fourth-order valence-corrected chi connectivity index (χ4v) is 11.3. The maximum atomic E-state index is 4.03. The van der Waals surface area contributed by atoms with Gasteiger partial charge in [-0.2, -0.15) is 0 Å². The van der Waals surface area contributed by atoms with E-state index in [9.17, 15) is 0 Å². The summed E-state index contributed by atoms with van der Waals surface area (Å²) in [4.78, 5) is 0.0677. The Morgan fingerprint density at radius 3 is 1.75 bits per heavy atom. The Kier molecular flexibility index (Phi) is 5.56. The van der Waals surface area contributed by atoms with Crippen LogP contribution in [0.1, 0.15) is 20.8 Å². The van der Waals surface area contributed by atoms with Crippen LogP contribution in [-0.4, -0.2) is 16.7 Å². The summed E-state index contributed by atoms with van der Waals surface area (Å²) in [5.74, 6) is 0. The van der Waals surface area contributed by atoms with Crippen molar-refractivity contribution in [2.75, 3.05) is 0 Å². The van der Waals surface area contributed by atoms with Crippen LogP contribution < -0.4 is 0 Å². The quantitative estimate of drug-likeness (QED) is 0.217. The molecule has 2 aliphatic rings. The van der Waals surface area contributed by atoms with Gasteiger partial charge in [0.2, 0.25) is 0 Å². The van der Waals surface area contributed by atoms with Crippen LogP contribution in [0.5, 0.6) is 0 Å². The first kappa shape index (κ1) is 19.6. The molecular formula is C12H10Br8. The van der Waals surface area contributed by atoms with Crippen molar-refractivity contribution in [1.29, 1.82) is 0 Å². The second-order valence-electron chi connectivity index (χ2n) is 5.63. The number of fused-ring (bicyclic) bond motifs is 1. The molecule has 0 bridgehead atoms. The van der Waals surface area contributed by atoms with E-state index in [2.05, 4.69) is 148 Å². The van der Waals surface area contributed by atoms with Crippen molar-refractivity contribution in [3.8, 4) is 0 Å². The van der Waals surface area contributed by atoms with Crippen LogP contribution in [-0.2, 0) is 0 Å². The molecule has 0 aromatic heterocycles. The van der Waals surface area contributed by atoms with Gasteiger partial charge in [0, 0.05) is 18.9 Å². The zero-order chi connectivity index (χ0) is 15.9. The fraction of sp³-hybridized carbons (Fsp3) is 0.667. The van der Waals surface area contributed by atoms with Crippen molar-refractivity contribution in [2.45, 2.75) is 37.5 Å². The van der Waals surface area contributed by atoms with Crippen molar-refractivity contribution in [1.82, 2.24) is 0 Å². The van der Waals surface area contributed by atoms with E-state index in [1.807, 2.05) is 0 Å². The molecule has 0 aliphatic heterocycles. The third-order valence-corrected chi connectivity index (χ3v) is 18.3. The minimum absolute atomic E-state index is 0.0677. The Bertz CT molecular complexity index is 542. The second-order valence-corrected chi connectivity index (χ2v) is 15.3. The molecule has 114 valence electrons. The molecular weight excluding hydrogens is 783 g/mol. The molecule has 1 fully saturated rings. The van der Waals surface area contributed by atoms with Gasteiger partial charge in [0.1, 0.15) is 3.23 Å². The molecule has 0 aromatic carbocycles. The number of allylic oxidation sites excluding steroid dienone is 4. The van der Waals surface area contributed by atoms with Gasteiger partial charge in [-0.1, -0.05) is 109 Å². The molecule has 0 nitrogen and oxygen atoms in total. The molecule has 20 heavy (non-hydrogen) atoms. The zero-order valence-electron chi connectivity index (χ0n) is 10.6. The Morgan fingerprint density at radius 1 is 0.850 bits per heavy atom. The highest BCUT2D eigenvalue weighted by Gasteiger charge is 2.76. The molecule has 2 rings (SSSR count). The number of hydrogen-bond donors (Lipinski definition) is 0. The first-order valence-corrected chi connectivity index (χ1v) is 12.1. The number of hydrogen-bond acceptors (Lipinski definition) is 0. The molecule has 8 heteroatoms. The molecule has 1 saturated carbocycles. The van der Waals surface area contributed by atoms with E-state index in [1.165, 1.54) is 5.57 Å². The lowest BCUT2D eigenvalue weighted by Gasteiger charge is -2.44. The molecule has 2 aliphatic carbocycles. The lowest BCUT2D eigenvalue weighted by molar-refractivity contribution is 0.380. The van der Waals surface area contributed by atoms with E-state index >= 15 is 0 Å². The molecule has 0 saturated heterocycles. The van der Waals surface area contributed by atoms with Crippen LogP contribution in [0.3, 0.4) is 0 Å². The van der Waals surface area contributed by atoms with E-state index in [-0.39, 0.29) is 18.9 Å². The molecule has 3 unspecified atom stereocenters. The van der Waals surface area contributed by atoms with Gasteiger partial charge in [0.25, 0.3) is 0 Å². The smallest absolute Gasteiger partial charge is 0.0822 e. The van der Waals surface area contributed by atoms with E-state index in [0.29, 0.717) is 0 Å². The summed E-state index contributed by atoms with van der Waals surface area (Å²) in [7, 11) is 0. The van der Waals surface area contributed by atoms with Gasteiger partial charge in [0.05, 0.1) is 13.5 Å². The summed E-state index contributed by atoms with van der Waals surface area (Å²) in [6, 6.07) is 0. The van der Waals surface area contributed by atoms with Gasteiger partial charge >= 0.3 is 0 Å². The minimum atomic E-state index is -0.390. The molecule has 0 spiro atoms. The first-order chi connectivity index (χ1) is 8.76. The van der Waals surface area contributed by atoms with Crippen molar-refractivity contribution in [3.63, 3.8) is 0 Å². The standard InChI is InChI=1S/C12H10Br8/c1-9(2)7-5(14)4(13)6(15)8(16)11(7,18)12(19,20)10(9,3)17/h8H,1-3H3. The highest BCUT2D eigenvalue weighted by molar-refractivity contribution is 9.27. The van der Waals surface area contributed by atoms with Crippen LogP contribution in [0.15, 0.2) is 19.0 Å². The number of rotatable bonds is 0. The minimum Gasteiger partial charge on any atom is -0.0822 e. The van der Waals surface area contributed by atoms with Crippen molar-refractivity contribution < 1.29 is 0 Å². The van der Waals surface area contributed by atoms with Crippen LogP contribution in [0.2, 0.25) is 0 Å². The maximum Gasteiger partial charge on any atom is 0.117 e. The van der Waals surface area contributed by atoms with Crippen LogP contribution in [0.25, 0.3) is 0 Å². The zero-order valence-corrected chi connectivity index (χ0v) is 23.3. The Hall–Kier alpha value is 3.32. The average molecular weight is 793 g/mol. The van der Waals surface area contributed by atoms with Crippen LogP contribution in [0, 0.1) is 5.41 Å². The monoisotopic (exact) mass is 785 g/mol. The fourth-order valence-electron chi connectivity index (χ4n) is 2.80. The summed E-state index contributed by atoms with van der Waals surface area (Å²) in [5, 5.41) is 0. The highest BCUT2D eigenvalue weighted by atomic mass is 79.9. The van der Waals surface area contributed by atoms with Gasteiger partial charge in [-0.15, -0.1) is 0 Å². The van der Waals surface area contributed by atoms with Gasteiger partial charge in [-0.05, 0) is 44.4 Å². The Labute approximate surface area is 186 Å². The predicted octanol–water partition coefficient (Wildman–Crippen LogP) is 8.23. The van der Waals surface area contributed by atoms with E-state index in [0.717, 1.165) is 13.4 Å². The van der Waals surface area contributed by atoms with Gasteiger partial charge < -0.3 is 0 Å². The molecule has 0 amide bonds. The average Bonchev–Trinajstić information content (AvgIpc) is 2.40. The summed E-state index contributed by atoms with van der Waals surface area (Å²) in [6.07, 6.45) is 0. The SMILES string of the molecule is CC1(C)C2=C(Br)C(Br)=C(Br)C(Br)C2(Br)C(Br)(Br)C1(C)Br. The normalized spacial score (nSPS) is 43.0. The van der Waals surface area contributed by atoms with E-state index in [1.54, 1.807) is 0 Å². The second kappa shape index (κ2) is 5.66. The van der Waals surface area contributed by atoms with E-state index < -0.39 is 3.23 Å². The van der Waals surface area contributed by atoms with Crippen LogP contribution >= 0.6 is 127 Å². The molecule has 3 atom stereocenters. The molecule has 0 heterocycles. The van der Waals surface area contributed by atoms with Crippen molar-refractivity contribution in [2.24, 2.45) is 5.41 Å². The third-order valence-electron chi connectivity index (χ3n) is 4.40.